The van der Waals surface area contributed by atoms with Gasteiger partial charge in [0.15, 0.2) is 5.88 Å². The molecule has 1 saturated heterocycles. The highest BCUT2D eigenvalue weighted by Gasteiger charge is 2.65. The monoisotopic (exact) mass is 809 g/mol. The van der Waals surface area contributed by atoms with Crippen molar-refractivity contribution in [1.82, 2.24) is 24.4 Å². The smallest absolute Gasteiger partial charge is 0.407 e. The molecular weight excluding hydrogens is 755 g/mol. The van der Waals surface area contributed by atoms with Gasteiger partial charge in [0, 0.05) is 36.9 Å². The molecule has 16 heteroatoms. The summed E-state index contributed by atoms with van der Waals surface area (Å²) in [5.74, 6) is -1.31. The van der Waals surface area contributed by atoms with Gasteiger partial charge in [-0.1, -0.05) is 32.3 Å². The fourth-order valence-corrected chi connectivity index (χ4v) is 10.4. The van der Waals surface area contributed by atoms with E-state index >= 15 is 0 Å². The van der Waals surface area contributed by atoms with Gasteiger partial charge in [-0.05, 0) is 87.3 Å². The Hall–Kier alpha value is -4.60. The summed E-state index contributed by atoms with van der Waals surface area (Å²) in [7, 11) is -2.38. The topological polar surface area (TPSA) is 183 Å². The number of hydrogen-bond donors (Lipinski definition) is 2. The molecular formula is C41H55N5O10S. The third-order valence-electron chi connectivity index (χ3n) is 12.5. The van der Waals surface area contributed by atoms with Crippen LogP contribution < -0.4 is 25.1 Å². The fraction of sp³-hybridized carbons (Fsp3) is 0.634. The van der Waals surface area contributed by atoms with Gasteiger partial charge in [0.05, 0.1) is 18.9 Å². The SMILES string of the molecule is C=C[C@@H]1C[C@@]1(C(=O)NS(=O)(=O)C1CC1)N(CCCC)C(=O)C1CC2CN1C(=O)CNC(=O)OC1CCCC1CCCCCn1c(cc3cc(OC)ccc3c1=O)O2. The van der Waals surface area contributed by atoms with Crippen molar-refractivity contribution >= 4 is 44.6 Å². The van der Waals surface area contributed by atoms with Crippen molar-refractivity contribution in [3.8, 4) is 11.6 Å². The van der Waals surface area contributed by atoms with Crippen LogP contribution in [0.15, 0.2) is 41.7 Å². The Morgan fingerprint density at radius 3 is 2.58 bits per heavy atom. The number of rotatable bonds is 10. The number of amides is 4. The molecule has 57 heavy (non-hydrogen) atoms. The molecule has 2 aromatic rings. The Morgan fingerprint density at radius 2 is 1.86 bits per heavy atom. The van der Waals surface area contributed by atoms with Gasteiger partial charge in [-0.15, -0.1) is 6.58 Å². The van der Waals surface area contributed by atoms with E-state index in [2.05, 4.69) is 16.6 Å². The molecule has 3 aliphatic carbocycles. The Morgan fingerprint density at radius 1 is 1.07 bits per heavy atom. The minimum absolute atomic E-state index is 0.0164. The maximum atomic E-state index is 15.0. The molecule has 2 N–H and O–H groups in total. The Labute approximate surface area is 333 Å². The zero-order chi connectivity index (χ0) is 40.5. The predicted molar refractivity (Wildman–Crippen MR) is 211 cm³/mol. The van der Waals surface area contributed by atoms with Crippen molar-refractivity contribution in [3.05, 3.63) is 47.3 Å². The Kier molecular flexibility index (Phi) is 11.9. The lowest BCUT2D eigenvalue weighted by atomic mass is 9.98. The lowest BCUT2D eigenvalue weighted by Crippen LogP contribution is -2.59. The van der Waals surface area contributed by atoms with Gasteiger partial charge in [-0.3, -0.25) is 28.5 Å². The fourth-order valence-electron chi connectivity index (χ4n) is 9.01. The van der Waals surface area contributed by atoms with E-state index in [9.17, 15) is 32.4 Å². The number of nitrogens with zero attached hydrogens (tertiary/aromatic N) is 3. The van der Waals surface area contributed by atoms with Gasteiger partial charge in [0.2, 0.25) is 21.8 Å². The maximum absolute atomic E-state index is 15.0. The number of pyridine rings is 1. The van der Waals surface area contributed by atoms with Crippen molar-refractivity contribution in [2.45, 2.75) is 126 Å². The lowest BCUT2D eigenvalue weighted by Gasteiger charge is -2.36. The first-order chi connectivity index (χ1) is 27.4. The normalized spacial score (nSPS) is 28.1. The molecule has 2 aliphatic heterocycles. The zero-order valence-electron chi connectivity index (χ0n) is 32.9. The Balaban J connectivity index is 1.24. The molecule has 7 rings (SSSR count). The number of benzene rings is 1. The van der Waals surface area contributed by atoms with Crippen LogP contribution >= 0.6 is 0 Å². The summed E-state index contributed by atoms with van der Waals surface area (Å²) in [6.07, 6.45) is 8.09. The van der Waals surface area contributed by atoms with Crippen LogP contribution in [0, 0.1) is 11.8 Å². The standard InChI is InChI=1S/C41H55N5O10S/c1-4-6-19-46(41(23-28(41)5-2)39(50)43-57(52,53)31-15-16-31)38(49)33-22-30-25-45(33)35(47)24-42-40(51)56-34-13-10-12-26(34)11-8-7-9-18-44-36(55-30)21-27-20-29(54-3)14-17-32(27)37(44)48/h5,14,17,20-21,26,28,30-31,33-34H,2,4,6-13,15-16,18-19,22-25H2,1,3H3,(H,42,51)(H,43,50)/t26?,28-,30?,33?,34?,41-/m1/s1. The van der Waals surface area contributed by atoms with E-state index in [1.54, 1.807) is 42.0 Å². The van der Waals surface area contributed by atoms with Gasteiger partial charge in [0.1, 0.15) is 36.1 Å². The van der Waals surface area contributed by atoms with E-state index in [4.69, 9.17) is 14.2 Å². The number of ether oxygens (including phenoxy) is 3. The highest BCUT2D eigenvalue weighted by atomic mass is 32.2. The van der Waals surface area contributed by atoms with Gasteiger partial charge < -0.3 is 29.3 Å². The van der Waals surface area contributed by atoms with Crippen LogP contribution in [-0.2, 0) is 35.7 Å². The third-order valence-corrected chi connectivity index (χ3v) is 14.3. The number of aromatic nitrogens is 1. The molecule has 310 valence electrons. The molecule has 1 aromatic heterocycles. The van der Waals surface area contributed by atoms with Gasteiger partial charge in [0.25, 0.3) is 11.5 Å². The molecule has 0 radical (unpaired) electrons. The number of methoxy groups -OCH3 is 1. The van der Waals surface area contributed by atoms with Crippen molar-refractivity contribution < 1.29 is 41.8 Å². The minimum Gasteiger partial charge on any atom is -0.497 e. The van der Waals surface area contributed by atoms with Crippen molar-refractivity contribution in [2.24, 2.45) is 11.8 Å². The summed E-state index contributed by atoms with van der Waals surface area (Å²) < 4.78 is 47.7. The molecule has 2 bridgehead atoms. The summed E-state index contributed by atoms with van der Waals surface area (Å²) in [6.45, 7) is 5.85. The van der Waals surface area contributed by atoms with Crippen LogP contribution in [0.4, 0.5) is 4.79 Å². The number of sulfonamides is 1. The predicted octanol–water partition coefficient (Wildman–Crippen LogP) is 4.01. The van der Waals surface area contributed by atoms with Crippen LogP contribution in [0.5, 0.6) is 11.6 Å². The number of fused-ring (bicyclic) bond motifs is 5. The maximum Gasteiger partial charge on any atom is 0.407 e. The van der Waals surface area contributed by atoms with E-state index in [0.717, 1.165) is 38.5 Å². The summed E-state index contributed by atoms with van der Waals surface area (Å²) in [5, 5.41) is 3.08. The first-order valence-corrected chi connectivity index (χ1v) is 22.1. The van der Waals surface area contributed by atoms with Crippen LogP contribution in [0.3, 0.4) is 0 Å². The molecule has 5 aliphatic rings. The second-order valence-electron chi connectivity index (χ2n) is 16.3. The number of carbonyl (C=O) groups excluding carboxylic acids is 4. The number of hydrogen-bond acceptors (Lipinski definition) is 10. The largest absolute Gasteiger partial charge is 0.497 e. The molecule has 6 atom stereocenters. The van der Waals surface area contributed by atoms with Gasteiger partial charge in [-0.2, -0.15) is 0 Å². The van der Waals surface area contributed by atoms with E-state index in [0.29, 0.717) is 61.1 Å². The van der Waals surface area contributed by atoms with Crippen molar-refractivity contribution in [2.75, 3.05) is 26.7 Å². The van der Waals surface area contributed by atoms with Crippen LogP contribution in [0.25, 0.3) is 10.8 Å². The third kappa shape index (κ3) is 8.37. The molecule has 0 spiro atoms. The summed E-state index contributed by atoms with van der Waals surface area (Å²) >= 11 is 0. The number of nitrogens with one attached hydrogen (secondary N) is 2. The number of alkyl carbamates (subject to hydrolysis) is 1. The lowest BCUT2D eigenvalue weighted by molar-refractivity contribution is -0.149. The molecule has 4 amide bonds. The second kappa shape index (κ2) is 16.7. The van der Waals surface area contributed by atoms with Crippen LogP contribution in [-0.4, -0.2) is 102 Å². The van der Waals surface area contributed by atoms with Gasteiger partial charge >= 0.3 is 6.09 Å². The summed E-state index contributed by atoms with van der Waals surface area (Å²) in [4.78, 5) is 73.0. The highest BCUT2D eigenvalue weighted by Crippen LogP contribution is 2.51. The van der Waals surface area contributed by atoms with Crippen molar-refractivity contribution in [1.29, 1.82) is 0 Å². The Bertz CT molecular complexity index is 2070. The number of unbranched alkanes of at least 4 members (excludes halogenated alkanes) is 1. The highest BCUT2D eigenvalue weighted by molar-refractivity contribution is 7.91. The van der Waals surface area contributed by atoms with E-state index < -0.39 is 69.2 Å². The van der Waals surface area contributed by atoms with Crippen LogP contribution in [0.2, 0.25) is 0 Å². The average molecular weight is 810 g/mol. The summed E-state index contributed by atoms with van der Waals surface area (Å²) in [5.41, 5.74) is -1.73. The van der Waals surface area contributed by atoms with E-state index in [1.165, 1.54) is 9.80 Å². The quantitative estimate of drug-likeness (QED) is 0.333. The van der Waals surface area contributed by atoms with Gasteiger partial charge in [-0.25, -0.2) is 13.2 Å². The summed E-state index contributed by atoms with van der Waals surface area (Å²) in [6, 6.07) is 5.89. The minimum atomic E-state index is -3.93. The van der Waals surface area contributed by atoms with Crippen molar-refractivity contribution in [3.63, 3.8) is 0 Å². The molecule has 3 saturated carbocycles. The first-order valence-electron chi connectivity index (χ1n) is 20.5. The zero-order valence-corrected chi connectivity index (χ0v) is 33.7. The molecule has 4 fully saturated rings. The first kappa shape index (κ1) is 40.6. The van der Waals surface area contributed by atoms with Crippen LogP contribution in [0.1, 0.15) is 90.4 Å². The van der Waals surface area contributed by atoms with E-state index in [1.807, 2.05) is 6.92 Å². The average Bonchev–Trinajstić information content (AvgIpc) is 4.10. The van der Waals surface area contributed by atoms with E-state index in [-0.39, 0.29) is 43.5 Å². The second-order valence-corrected chi connectivity index (χ2v) is 18.2. The number of carbonyl (C=O) groups is 4. The molecule has 1 aromatic carbocycles. The molecule has 3 heterocycles. The molecule has 4 unspecified atom stereocenters. The molecule has 15 nitrogen and oxygen atoms in total.